The van der Waals surface area contributed by atoms with Gasteiger partial charge in [0, 0.05) is 6.61 Å². The molecule has 0 bridgehead atoms. The standard InChI is InChI=1S/C14H21NO3/c1-2-3-9-17-10-11-18-14(16)13(15)12-7-5-4-6-8-12/h4-8,13H,2-3,9-11,15H2,1H3. The second-order valence-corrected chi connectivity index (χ2v) is 4.02. The third-order valence-corrected chi connectivity index (χ3v) is 2.53. The minimum atomic E-state index is -0.721. The van der Waals surface area contributed by atoms with E-state index < -0.39 is 12.0 Å². The van der Waals surface area contributed by atoms with E-state index in [0.717, 1.165) is 18.4 Å². The monoisotopic (exact) mass is 251 g/mol. The maximum absolute atomic E-state index is 11.6. The van der Waals surface area contributed by atoms with Crippen LogP contribution in [-0.2, 0) is 14.3 Å². The first-order valence-corrected chi connectivity index (χ1v) is 6.30. The van der Waals surface area contributed by atoms with E-state index in [2.05, 4.69) is 6.92 Å². The minimum absolute atomic E-state index is 0.253. The number of unbranched alkanes of at least 4 members (excludes halogenated alkanes) is 1. The van der Waals surface area contributed by atoms with Crippen LogP contribution in [0.1, 0.15) is 31.4 Å². The summed E-state index contributed by atoms with van der Waals surface area (Å²) in [4.78, 5) is 11.6. The quantitative estimate of drug-likeness (QED) is 0.567. The Balaban J connectivity index is 2.20. The molecule has 0 saturated heterocycles. The van der Waals surface area contributed by atoms with Crippen molar-refractivity contribution in [2.45, 2.75) is 25.8 Å². The van der Waals surface area contributed by atoms with E-state index in [1.165, 1.54) is 0 Å². The summed E-state index contributed by atoms with van der Waals surface area (Å²) >= 11 is 0. The number of nitrogens with two attached hydrogens (primary N) is 1. The van der Waals surface area contributed by atoms with Crippen LogP contribution in [0.15, 0.2) is 30.3 Å². The molecule has 0 aliphatic heterocycles. The lowest BCUT2D eigenvalue weighted by Crippen LogP contribution is -2.25. The van der Waals surface area contributed by atoms with E-state index in [4.69, 9.17) is 15.2 Å². The molecule has 0 radical (unpaired) electrons. The highest BCUT2D eigenvalue weighted by Crippen LogP contribution is 2.10. The lowest BCUT2D eigenvalue weighted by molar-refractivity contribution is -0.146. The molecular weight excluding hydrogens is 230 g/mol. The highest BCUT2D eigenvalue weighted by Gasteiger charge is 2.16. The molecule has 1 atom stereocenters. The van der Waals surface area contributed by atoms with Crippen molar-refractivity contribution in [2.24, 2.45) is 5.73 Å². The molecule has 2 N–H and O–H groups in total. The molecule has 0 heterocycles. The van der Waals surface area contributed by atoms with Gasteiger partial charge in [-0.1, -0.05) is 43.7 Å². The Morgan fingerprint density at radius 2 is 1.94 bits per heavy atom. The van der Waals surface area contributed by atoms with Crippen LogP contribution in [0.25, 0.3) is 0 Å². The molecule has 1 unspecified atom stereocenters. The molecular formula is C14H21NO3. The van der Waals surface area contributed by atoms with E-state index in [0.29, 0.717) is 13.2 Å². The van der Waals surface area contributed by atoms with Crippen molar-refractivity contribution in [1.29, 1.82) is 0 Å². The average molecular weight is 251 g/mol. The van der Waals surface area contributed by atoms with E-state index in [1.807, 2.05) is 30.3 Å². The lowest BCUT2D eigenvalue weighted by Gasteiger charge is -2.11. The van der Waals surface area contributed by atoms with Gasteiger partial charge in [-0.2, -0.15) is 0 Å². The first-order valence-electron chi connectivity index (χ1n) is 6.30. The van der Waals surface area contributed by atoms with Crippen LogP contribution in [0.5, 0.6) is 0 Å². The van der Waals surface area contributed by atoms with Gasteiger partial charge in [0.25, 0.3) is 0 Å². The van der Waals surface area contributed by atoms with Gasteiger partial charge in [-0.25, -0.2) is 4.79 Å². The fraction of sp³-hybridized carbons (Fsp3) is 0.500. The molecule has 100 valence electrons. The maximum atomic E-state index is 11.6. The van der Waals surface area contributed by atoms with Gasteiger partial charge in [-0.05, 0) is 12.0 Å². The average Bonchev–Trinajstić information content (AvgIpc) is 2.42. The summed E-state index contributed by atoms with van der Waals surface area (Å²) < 4.78 is 10.3. The number of hydrogen-bond acceptors (Lipinski definition) is 4. The Bertz CT molecular complexity index is 340. The Labute approximate surface area is 108 Å². The molecule has 1 aromatic carbocycles. The lowest BCUT2D eigenvalue weighted by atomic mass is 10.1. The molecule has 18 heavy (non-hydrogen) atoms. The Kier molecular flexibility index (Phi) is 7.06. The molecule has 0 aliphatic rings. The number of esters is 1. The normalized spacial score (nSPS) is 12.1. The summed E-state index contributed by atoms with van der Waals surface area (Å²) in [7, 11) is 0. The van der Waals surface area contributed by atoms with Gasteiger partial charge >= 0.3 is 5.97 Å². The molecule has 0 fully saturated rings. The first-order chi connectivity index (χ1) is 8.75. The number of benzene rings is 1. The molecule has 1 aromatic rings. The van der Waals surface area contributed by atoms with Gasteiger partial charge < -0.3 is 15.2 Å². The smallest absolute Gasteiger partial charge is 0.327 e. The summed E-state index contributed by atoms with van der Waals surface area (Å²) in [6, 6.07) is 8.46. The van der Waals surface area contributed by atoms with Crippen LogP contribution in [-0.4, -0.2) is 25.8 Å². The zero-order valence-corrected chi connectivity index (χ0v) is 10.8. The highest BCUT2D eigenvalue weighted by atomic mass is 16.6. The van der Waals surface area contributed by atoms with Crippen LogP contribution in [0.3, 0.4) is 0 Å². The van der Waals surface area contributed by atoms with Crippen LogP contribution in [0.2, 0.25) is 0 Å². The van der Waals surface area contributed by atoms with E-state index in [-0.39, 0.29) is 6.61 Å². The van der Waals surface area contributed by atoms with E-state index >= 15 is 0 Å². The maximum Gasteiger partial charge on any atom is 0.327 e. The summed E-state index contributed by atoms with van der Waals surface area (Å²) in [6.45, 7) is 3.48. The Morgan fingerprint density at radius 1 is 1.22 bits per heavy atom. The highest BCUT2D eigenvalue weighted by molar-refractivity contribution is 5.77. The van der Waals surface area contributed by atoms with Crippen molar-refractivity contribution in [3.05, 3.63) is 35.9 Å². The minimum Gasteiger partial charge on any atom is -0.462 e. The number of carbonyl (C=O) groups excluding carboxylic acids is 1. The van der Waals surface area contributed by atoms with Gasteiger partial charge in [-0.15, -0.1) is 0 Å². The number of ether oxygens (including phenoxy) is 2. The van der Waals surface area contributed by atoms with Crippen LogP contribution in [0, 0.1) is 0 Å². The van der Waals surface area contributed by atoms with Gasteiger partial charge in [-0.3, -0.25) is 0 Å². The van der Waals surface area contributed by atoms with Crippen molar-refractivity contribution < 1.29 is 14.3 Å². The molecule has 0 saturated carbocycles. The summed E-state index contributed by atoms with van der Waals surface area (Å²) in [5.41, 5.74) is 6.54. The second kappa shape index (κ2) is 8.66. The Hall–Kier alpha value is -1.39. The van der Waals surface area contributed by atoms with Crippen molar-refractivity contribution in [3.63, 3.8) is 0 Å². The van der Waals surface area contributed by atoms with Crippen LogP contribution < -0.4 is 5.73 Å². The molecule has 0 spiro atoms. The molecule has 4 nitrogen and oxygen atoms in total. The number of rotatable bonds is 8. The van der Waals surface area contributed by atoms with Gasteiger partial charge in [0.2, 0.25) is 0 Å². The number of hydrogen-bond donors (Lipinski definition) is 1. The van der Waals surface area contributed by atoms with Crippen molar-refractivity contribution in [2.75, 3.05) is 19.8 Å². The zero-order chi connectivity index (χ0) is 13.2. The van der Waals surface area contributed by atoms with Crippen molar-refractivity contribution in [3.8, 4) is 0 Å². The second-order valence-electron chi connectivity index (χ2n) is 4.02. The predicted octanol–water partition coefficient (Wildman–Crippen LogP) is 2.05. The molecule has 0 amide bonds. The third-order valence-electron chi connectivity index (χ3n) is 2.53. The predicted molar refractivity (Wildman–Crippen MR) is 70.1 cm³/mol. The van der Waals surface area contributed by atoms with Gasteiger partial charge in [0.05, 0.1) is 6.61 Å². The fourth-order valence-electron chi connectivity index (χ4n) is 1.44. The summed E-state index contributed by atoms with van der Waals surface area (Å²) in [5, 5.41) is 0. The topological polar surface area (TPSA) is 61.5 Å². The van der Waals surface area contributed by atoms with E-state index in [9.17, 15) is 4.79 Å². The largest absolute Gasteiger partial charge is 0.462 e. The first kappa shape index (κ1) is 14.7. The van der Waals surface area contributed by atoms with Gasteiger partial charge in [0.1, 0.15) is 12.6 Å². The SMILES string of the molecule is CCCCOCCOC(=O)C(N)c1ccccc1. The van der Waals surface area contributed by atoms with Crippen molar-refractivity contribution in [1.82, 2.24) is 0 Å². The molecule has 0 aliphatic carbocycles. The molecule has 4 heteroatoms. The van der Waals surface area contributed by atoms with Crippen LogP contribution >= 0.6 is 0 Å². The van der Waals surface area contributed by atoms with Gasteiger partial charge in [0.15, 0.2) is 0 Å². The number of carbonyl (C=O) groups is 1. The van der Waals surface area contributed by atoms with Crippen LogP contribution in [0.4, 0.5) is 0 Å². The Morgan fingerprint density at radius 3 is 2.61 bits per heavy atom. The van der Waals surface area contributed by atoms with E-state index in [1.54, 1.807) is 0 Å². The summed E-state index contributed by atoms with van der Waals surface area (Å²) in [5.74, 6) is -0.416. The zero-order valence-electron chi connectivity index (χ0n) is 10.8. The summed E-state index contributed by atoms with van der Waals surface area (Å²) in [6.07, 6.45) is 2.12. The fourth-order valence-corrected chi connectivity index (χ4v) is 1.44. The molecule has 0 aromatic heterocycles. The van der Waals surface area contributed by atoms with Crippen molar-refractivity contribution >= 4 is 5.97 Å². The third kappa shape index (κ3) is 5.29. The molecule has 1 rings (SSSR count).